The summed E-state index contributed by atoms with van der Waals surface area (Å²) in [5, 5.41) is 8.96. The van der Waals surface area contributed by atoms with Crippen molar-refractivity contribution in [1.29, 1.82) is 0 Å². The number of carbonyl (C=O) groups excluding carboxylic acids is 2. The van der Waals surface area contributed by atoms with Gasteiger partial charge in [0, 0.05) is 18.5 Å². The van der Waals surface area contributed by atoms with E-state index < -0.39 is 0 Å². The predicted molar refractivity (Wildman–Crippen MR) is 104 cm³/mol. The third-order valence-corrected chi connectivity index (χ3v) is 3.81. The number of fused-ring (bicyclic) bond motifs is 1. The number of hydrazone groups is 1. The summed E-state index contributed by atoms with van der Waals surface area (Å²) in [6, 6.07) is 23.1. The molecule has 0 aliphatic carbocycles. The number of para-hydroxylation sites is 1. The molecule has 130 valence electrons. The molecule has 0 saturated carbocycles. The van der Waals surface area contributed by atoms with E-state index in [4.69, 9.17) is 0 Å². The van der Waals surface area contributed by atoms with Crippen LogP contribution >= 0.6 is 0 Å². The van der Waals surface area contributed by atoms with Crippen molar-refractivity contribution in [2.24, 2.45) is 5.10 Å². The third-order valence-electron chi connectivity index (χ3n) is 3.81. The molecule has 3 aromatic carbocycles. The first-order valence-electron chi connectivity index (χ1n) is 8.36. The largest absolute Gasteiger partial charge is 0.326 e. The van der Waals surface area contributed by atoms with Gasteiger partial charge in [0.25, 0.3) is 0 Å². The molecule has 0 fully saturated rings. The van der Waals surface area contributed by atoms with Gasteiger partial charge in [-0.2, -0.15) is 5.10 Å². The molecular formula is C21H19N3O2. The van der Waals surface area contributed by atoms with Crippen LogP contribution in [-0.2, 0) is 9.59 Å². The van der Waals surface area contributed by atoms with Crippen molar-refractivity contribution >= 4 is 34.5 Å². The van der Waals surface area contributed by atoms with E-state index in [1.807, 2.05) is 60.7 Å². The molecule has 3 aromatic rings. The number of benzene rings is 3. The number of nitrogens with zero attached hydrogens (tertiary/aromatic N) is 1. The molecule has 0 atom stereocenters. The highest BCUT2D eigenvalue weighted by Gasteiger charge is 2.06. The fraction of sp³-hybridized carbons (Fsp3) is 0.0952. The van der Waals surface area contributed by atoms with Gasteiger partial charge in [0.2, 0.25) is 11.8 Å². The lowest BCUT2D eigenvalue weighted by Gasteiger charge is -2.04. The van der Waals surface area contributed by atoms with Crippen molar-refractivity contribution in [3.63, 3.8) is 0 Å². The number of hydrogen-bond acceptors (Lipinski definition) is 3. The van der Waals surface area contributed by atoms with E-state index in [1.165, 1.54) is 0 Å². The highest BCUT2D eigenvalue weighted by atomic mass is 16.2. The van der Waals surface area contributed by atoms with Gasteiger partial charge in [-0.05, 0) is 34.5 Å². The number of carbonyl (C=O) groups is 2. The van der Waals surface area contributed by atoms with E-state index in [0.717, 1.165) is 16.3 Å². The molecule has 26 heavy (non-hydrogen) atoms. The Morgan fingerprint density at radius 2 is 1.50 bits per heavy atom. The Morgan fingerprint density at radius 3 is 2.31 bits per heavy atom. The molecule has 0 aromatic heterocycles. The van der Waals surface area contributed by atoms with Gasteiger partial charge in [0.05, 0.1) is 6.21 Å². The number of anilines is 1. The van der Waals surface area contributed by atoms with Crippen molar-refractivity contribution in [1.82, 2.24) is 5.43 Å². The fourth-order valence-electron chi connectivity index (χ4n) is 2.49. The lowest BCUT2D eigenvalue weighted by molar-refractivity contribution is -0.124. The van der Waals surface area contributed by atoms with Crippen LogP contribution in [0.5, 0.6) is 0 Å². The minimum absolute atomic E-state index is 0.0771. The Labute approximate surface area is 151 Å². The molecule has 0 aliphatic rings. The highest BCUT2D eigenvalue weighted by Crippen LogP contribution is 2.14. The van der Waals surface area contributed by atoms with E-state index in [9.17, 15) is 9.59 Å². The van der Waals surface area contributed by atoms with Crippen LogP contribution in [0.1, 0.15) is 18.4 Å². The Bertz CT molecular complexity index is 936. The predicted octanol–water partition coefficient (Wildman–Crippen LogP) is 3.71. The average Bonchev–Trinajstić information content (AvgIpc) is 2.67. The van der Waals surface area contributed by atoms with E-state index in [2.05, 4.69) is 15.8 Å². The smallest absolute Gasteiger partial charge is 0.240 e. The first-order chi connectivity index (χ1) is 12.7. The Hall–Kier alpha value is -3.47. The Balaban J connectivity index is 1.45. The van der Waals surface area contributed by atoms with E-state index in [-0.39, 0.29) is 24.7 Å². The maximum Gasteiger partial charge on any atom is 0.240 e. The highest BCUT2D eigenvalue weighted by molar-refractivity contribution is 5.94. The van der Waals surface area contributed by atoms with Crippen LogP contribution in [0.4, 0.5) is 5.69 Å². The second kappa shape index (κ2) is 8.58. The summed E-state index contributed by atoms with van der Waals surface area (Å²) in [5.74, 6) is -0.505. The topological polar surface area (TPSA) is 70.6 Å². The van der Waals surface area contributed by atoms with Gasteiger partial charge in [-0.25, -0.2) is 5.43 Å². The molecule has 2 N–H and O–H groups in total. The van der Waals surface area contributed by atoms with Gasteiger partial charge in [-0.1, -0.05) is 54.6 Å². The van der Waals surface area contributed by atoms with Crippen molar-refractivity contribution in [3.8, 4) is 0 Å². The third kappa shape index (κ3) is 5.01. The maximum atomic E-state index is 11.8. The lowest BCUT2D eigenvalue weighted by Crippen LogP contribution is -2.20. The summed E-state index contributed by atoms with van der Waals surface area (Å²) in [4.78, 5) is 23.6. The summed E-state index contributed by atoms with van der Waals surface area (Å²) in [6.45, 7) is 0. The molecule has 2 amide bonds. The van der Waals surface area contributed by atoms with Gasteiger partial charge in [0.15, 0.2) is 0 Å². The first-order valence-corrected chi connectivity index (χ1v) is 8.36. The van der Waals surface area contributed by atoms with Crippen LogP contribution in [0.15, 0.2) is 77.9 Å². The minimum Gasteiger partial charge on any atom is -0.326 e. The monoisotopic (exact) mass is 345 g/mol. The standard InChI is InChI=1S/C21H19N3O2/c25-20(23-19-8-2-1-3-9-19)12-13-21(26)24-22-15-16-10-11-17-6-4-5-7-18(17)14-16/h1-11,14-15H,12-13H2,(H,23,25)(H,24,26). The quantitative estimate of drug-likeness (QED) is 0.528. The van der Waals surface area contributed by atoms with Crippen molar-refractivity contribution < 1.29 is 9.59 Å². The zero-order valence-electron chi connectivity index (χ0n) is 14.2. The van der Waals surface area contributed by atoms with Crippen molar-refractivity contribution in [2.75, 3.05) is 5.32 Å². The van der Waals surface area contributed by atoms with Crippen LogP contribution in [0.2, 0.25) is 0 Å². The summed E-state index contributed by atoms with van der Waals surface area (Å²) in [5.41, 5.74) is 4.06. The molecule has 0 aliphatic heterocycles. The summed E-state index contributed by atoms with van der Waals surface area (Å²) in [7, 11) is 0. The Morgan fingerprint density at radius 1 is 0.808 bits per heavy atom. The molecule has 0 radical (unpaired) electrons. The first kappa shape index (κ1) is 17.4. The zero-order valence-corrected chi connectivity index (χ0v) is 14.2. The van der Waals surface area contributed by atoms with E-state index >= 15 is 0 Å². The normalized spacial score (nSPS) is 10.8. The molecule has 5 heteroatoms. The summed E-state index contributed by atoms with van der Waals surface area (Å²) < 4.78 is 0. The van der Waals surface area contributed by atoms with Gasteiger partial charge in [-0.15, -0.1) is 0 Å². The molecule has 0 saturated heterocycles. The number of amides is 2. The second-order valence-corrected chi connectivity index (χ2v) is 5.81. The van der Waals surface area contributed by atoms with Crippen LogP contribution < -0.4 is 10.7 Å². The maximum absolute atomic E-state index is 11.8. The second-order valence-electron chi connectivity index (χ2n) is 5.81. The van der Waals surface area contributed by atoms with Crippen LogP contribution in [0.25, 0.3) is 10.8 Å². The molecule has 3 rings (SSSR count). The average molecular weight is 345 g/mol. The van der Waals surface area contributed by atoms with Crippen LogP contribution in [0.3, 0.4) is 0 Å². The number of hydrogen-bond donors (Lipinski definition) is 2. The Kier molecular flexibility index (Phi) is 5.72. The number of nitrogens with one attached hydrogen (secondary N) is 2. The summed E-state index contributed by atoms with van der Waals surface area (Å²) in [6.07, 6.45) is 1.77. The minimum atomic E-state index is -0.301. The van der Waals surface area contributed by atoms with Crippen LogP contribution in [0, 0.1) is 0 Å². The van der Waals surface area contributed by atoms with E-state index in [1.54, 1.807) is 18.3 Å². The molecule has 0 unspecified atom stereocenters. The van der Waals surface area contributed by atoms with Gasteiger partial charge in [0.1, 0.15) is 0 Å². The molecular weight excluding hydrogens is 326 g/mol. The van der Waals surface area contributed by atoms with Gasteiger partial charge >= 0.3 is 0 Å². The zero-order chi connectivity index (χ0) is 18.2. The number of rotatable bonds is 6. The van der Waals surface area contributed by atoms with Gasteiger partial charge in [-0.3, -0.25) is 9.59 Å². The van der Waals surface area contributed by atoms with Crippen molar-refractivity contribution in [3.05, 3.63) is 78.4 Å². The van der Waals surface area contributed by atoms with Crippen LogP contribution in [-0.4, -0.2) is 18.0 Å². The lowest BCUT2D eigenvalue weighted by atomic mass is 10.1. The summed E-state index contributed by atoms with van der Waals surface area (Å²) >= 11 is 0. The van der Waals surface area contributed by atoms with E-state index in [0.29, 0.717) is 5.69 Å². The fourth-order valence-corrected chi connectivity index (χ4v) is 2.49. The molecule has 0 spiro atoms. The molecule has 5 nitrogen and oxygen atoms in total. The molecule has 0 bridgehead atoms. The molecule has 0 heterocycles. The van der Waals surface area contributed by atoms with Crippen molar-refractivity contribution in [2.45, 2.75) is 12.8 Å². The SMILES string of the molecule is O=C(CCC(=O)Nc1ccccc1)NN=Cc1ccc2ccccc2c1. The van der Waals surface area contributed by atoms with Gasteiger partial charge < -0.3 is 5.32 Å².